The second-order valence-corrected chi connectivity index (χ2v) is 7.86. The Morgan fingerprint density at radius 3 is 1.79 bits per heavy atom. The summed E-state index contributed by atoms with van der Waals surface area (Å²) in [5.74, 6) is -0.878. The molecule has 0 aliphatic rings. The molecular weight excluding hydrogens is 475 g/mol. The normalized spacial score (nSPS) is 9.76. The fourth-order valence-electron chi connectivity index (χ4n) is 1.94. The van der Waals surface area contributed by atoms with Gasteiger partial charge in [0.2, 0.25) is 0 Å². The number of carbonyl (C=O) groups is 2. The van der Waals surface area contributed by atoms with E-state index < -0.39 is 24.7 Å². The maximum atomic E-state index is 11.7. The van der Waals surface area contributed by atoms with Crippen molar-refractivity contribution in [1.82, 2.24) is 10.2 Å². The van der Waals surface area contributed by atoms with Crippen LogP contribution < -0.4 is 5.32 Å². The monoisotopic (exact) mass is 533 g/mol. The summed E-state index contributed by atoms with van der Waals surface area (Å²) in [5.41, 5.74) is -1.26. The SMILES string of the molecule is CC.CCC.CCC.CCCCCCC(=O)OCC(CO)(CO)NCC(=O)OCCN(C)C.[HH].[V]. The number of aliphatic hydroxyl groups excluding tert-OH is 2. The minimum absolute atomic E-state index is 0. The number of ether oxygens (including phenoxy) is 2. The maximum Gasteiger partial charge on any atom is 0.319 e. The van der Waals surface area contributed by atoms with Crippen LogP contribution in [0.4, 0.5) is 0 Å². The second kappa shape index (κ2) is 34.5. The zero-order valence-corrected chi connectivity index (χ0v) is 25.0. The van der Waals surface area contributed by atoms with E-state index in [1.807, 2.05) is 32.8 Å². The van der Waals surface area contributed by atoms with Crippen LogP contribution in [-0.2, 0) is 37.6 Å². The molecule has 0 heterocycles. The molecule has 0 amide bonds. The van der Waals surface area contributed by atoms with Crippen LogP contribution in [0.25, 0.3) is 0 Å². The van der Waals surface area contributed by atoms with Crippen molar-refractivity contribution in [1.29, 1.82) is 0 Å². The van der Waals surface area contributed by atoms with Crippen LogP contribution in [-0.4, -0.2) is 86.2 Å². The van der Waals surface area contributed by atoms with Crippen LogP contribution in [0.1, 0.15) is 94.8 Å². The Kier molecular flexibility index (Phi) is 44.1. The fourth-order valence-corrected chi connectivity index (χ4v) is 1.94. The number of esters is 2. The van der Waals surface area contributed by atoms with E-state index in [-0.39, 0.29) is 45.7 Å². The predicted molar refractivity (Wildman–Crippen MR) is 140 cm³/mol. The topological polar surface area (TPSA) is 108 Å². The number of unbranched alkanes of at least 4 members (excludes halogenated alkanes) is 3. The van der Waals surface area contributed by atoms with Gasteiger partial charge in [0.25, 0.3) is 0 Å². The van der Waals surface area contributed by atoms with E-state index in [2.05, 4.69) is 39.9 Å². The summed E-state index contributed by atoms with van der Waals surface area (Å²) in [4.78, 5) is 25.3. The molecule has 0 unspecified atom stereocenters. The molecule has 0 aromatic carbocycles. The van der Waals surface area contributed by atoms with Crippen LogP contribution in [0.3, 0.4) is 0 Å². The Morgan fingerprint density at radius 2 is 1.38 bits per heavy atom. The number of carbonyl (C=O) groups excluding carboxylic acids is 2. The summed E-state index contributed by atoms with van der Waals surface area (Å²) >= 11 is 0. The van der Waals surface area contributed by atoms with E-state index >= 15 is 0 Å². The first-order valence-corrected chi connectivity index (χ1v) is 12.6. The Balaban J connectivity index is -0.000000185. The molecule has 0 aromatic rings. The van der Waals surface area contributed by atoms with Crippen molar-refractivity contribution in [3.8, 4) is 0 Å². The van der Waals surface area contributed by atoms with E-state index in [9.17, 15) is 19.8 Å². The van der Waals surface area contributed by atoms with Gasteiger partial charge in [-0.3, -0.25) is 14.9 Å². The zero-order chi connectivity index (χ0) is 26.5. The summed E-state index contributed by atoms with van der Waals surface area (Å²) in [6.07, 6.45) is 6.68. The number of hydrogen-bond acceptors (Lipinski definition) is 8. The molecule has 209 valence electrons. The van der Waals surface area contributed by atoms with Gasteiger partial charge in [-0.1, -0.05) is 80.6 Å². The van der Waals surface area contributed by atoms with Gasteiger partial charge < -0.3 is 24.6 Å². The smallest absolute Gasteiger partial charge is 0.319 e. The summed E-state index contributed by atoms with van der Waals surface area (Å²) in [6.45, 7) is 14.1. The number of likely N-dealkylation sites (N-methyl/N-ethyl adjacent to an activating group) is 1. The van der Waals surface area contributed by atoms with Crippen LogP contribution in [0, 0.1) is 0 Å². The molecule has 0 fully saturated rings. The number of nitrogens with one attached hydrogen (secondary N) is 1. The molecule has 0 bridgehead atoms. The summed E-state index contributed by atoms with van der Waals surface area (Å²) in [5, 5.41) is 21.8. The molecule has 0 atom stereocenters. The minimum atomic E-state index is -1.26. The first-order valence-electron chi connectivity index (χ1n) is 12.6. The Labute approximate surface area is 223 Å². The van der Waals surface area contributed by atoms with E-state index in [1.165, 1.54) is 12.8 Å². The summed E-state index contributed by atoms with van der Waals surface area (Å²) in [7, 11) is 3.73. The van der Waals surface area contributed by atoms with Crippen molar-refractivity contribution >= 4 is 11.9 Å². The van der Waals surface area contributed by atoms with Crippen molar-refractivity contribution in [3.63, 3.8) is 0 Å². The molecule has 0 spiro atoms. The van der Waals surface area contributed by atoms with Crippen LogP contribution in [0.2, 0.25) is 0 Å². The van der Waals surface area contributed by atoms with Crippen LogP contribution in [0.5, 0.6) is 0 Å². The molecule has 0 rings (SSSR count). The average molecular weight is 534 g/mol. The molecule has 34 heavy (non-hydrogen) atoms. The molecule has 0 aliphatic heterocycles. The molecule has 9 heteroatoms. The van der Waals surface area contributed by atoms with Crippen molar-refractivity contribution in [2.24, 2.45) is 0 Å². The largest absolute Gasteiger partial charge is 0.464 e. The number of nitrogens with zero attached hydrogens (tertiary/aromatic N) is 1. The Morgan fingerprint density at radius 1 is 0.882 bits per heavy atom. The molecule has 0 saturated carbocycles. The molecule has 1 radical (unpaired) electrons. The summed E-state index contributed by atoms with van der Waals surface area (Å²) in [6, 6.07) is 0. The summed E-state index contributed by atoms with van der Waals surface area (Å²) < 4.78 is 10.2. The maximum absolute atomic E-state index is 11.7. The average Bonchev–Trinajstić information content (AvgIpc) is 2.79. The Bertz CT molecular complexity index is 413. The second-order valence-electron chi connectivity index (χ2n) is 7.86. The van der Waals surface area contributed by atoms with Gasteiger partial charge in [0.05, 0.1) is 25.3 Å². The van der Waals surface area contributed by atoms with Gasteiger partial charge in [-0.15, -0.1) is 0 Å². The Hall–Kier alpha value is -0.636. The van der Waals surface area contributed by atoms with Gasteiger partial charge in [0, 0.05) is 32.9 Å². The van der Waals surface area contributed by atoms with Crippen molar-refractivity contribution < 1.29 is 49.3 Å². The van der Waals surface area contributed by atoms with Crippen molar-refractivity contribution in [2.45, 2.75) is 99.0 Å². The van der Waals surface area contributed by atoms with Gasteiger partial charge >= 0.3 is 11.9 Å². The third kappa shape index (κ3) is 33.5. The fraction of sp³-hybridized carbons (Fsp3) is 0.920. The van der Waals surface area contributed by atoms with Crippen LogP contribution in [0.15, 0.2) is 0 Å². The number of aliphatic hydroxyl groups is 2. The van der Waals surface area contributed by atoms with Gasteiger partial charge in [-0.25, -0.2) is 0 Å². The first-order chi connectivity index (χ1) is 15.7. The molecule has 3 N–H and O–H groups in total. The molecule has 0 saturated heterocycles. The van der Waals surface area contributed by atoms with Gasteiger partial charge in [0.1, 0.15) is 13.2 Å². The predicted octanol–water partition coefficient (Wildman–Crippen LogP) is 4.02. The van der Waals surface area contributed by atoms with E-state index in [4.69, 9.17) is 9.47 Å². The van der Waals surface area contributed by atoms with E-state index in [0.717, 1.165) is 25.7 Å². The van der Waals surface area contributed by atoms with Crippen molar-refractivity contribution in [2.75, 3.05) is 53.6 Å². The van der Waals surface area contributed by atoms with E-state index in [1.54, 1.807) is 0 Å². The zero-order valence-electron chi connectivity index (χ0n) is 23.6. The van der Waals surface area contributed by atoms with Gasteiger partial charge in [-0.2, -0.15) is 0 Å². The minimum Gasteiger partial charge on any atom is -0.464 e. The standard InChI is InChI=1S/C17H34N2O6.2C3H8.C2H6.V.H2/c1-4-5-6-7-8-15(22)25-14-17(12-20,13-21)18-11-16(23)24-10-9-19(2)3;2*1-3-2;1-2;;/h18,20-21H,4-14H2,1-3H3;2*3H2,1-2H3;1-2H3;;1H. The molecule has 0 aliphatic carbocycles. The first kappa shape index (κ1) is 43.4. The molecule has 0 aromatic heterocycles. The van der Waals surface area contributed by atoms with Gasteiger partial charge in [0.15, 0.2) is 0 Å². The van der Waals surface area contributed by atoms with Crippen LogP contribution >= 0.6 is 0 Å². The van der Waals surface area contributed by atoms with Gasteiger partial charge in [-0.05, 0) is 20.5 Å². The molecule has 8 nitrogen and oxygen atoms in total. The number of hydrogen-bond donors (Lipinski definition) is 3. The van der Waals surface area contributed by atoms with Crippen molar-refractivity contribution in [3.05, 3.63) is 0 Å². The molecular formula is C25H58N2O6V. The number of rotatable bonds is 15. The van der Waals surface area contributed by atoms with E-state index in [0.29, 0.717) is 13.0 Å². The third-order valence-corrected chi connectivity index (χ3v) is 3.76. The third-order valence-electron chi connectivity index (χ3n) is 3.76. The quantitative estimate of drug-likeness (QED) is 0.214.